The van der Waals surface area contributed by atoms with E-state index < -0.39 is 5.91 Å². The van der Waals surface area contributed by atoms with Crippen molar-refractivity contribution in [2.24, 2.45) is 5.10 Å². The van der Waals surface area contributed by atoms with Gasteiger partial charge in [-0.25, -0.2) is 5.43 Å². The average molecular weight is 406 g/mol. The maximum absolute atomic E-state index is 12.0. The van der Waals surface area contributed by atoms with Crippen molar-refractivity contribution >= 4 is 34.0 Å². The van der Waals surface area contributed by atoms with Gasteiger partial charge in [-0.05, 0) is 51.8 Å². The maximum atomic E-state index is 12.0. The Morgan fingerprint density at radius 1 is 1.28 bits per heavy atom. The summed E-state index contributed by atoms with van der Waals surface area (Å²) in [5.74, 6) is -0.522. The Morgan fingerprint density at radius 2 is 2.04 bits per heavy atom. The molecule has 130 valence electrons. The van der Waals surface area contributed by atoms with Crippen LogP contribution in [0.15, 0.2) is 52.0 Å². The molecule has 0 aliphatic heterocycles. The molecule has 0 spiro atoms. The van der Waals surface area contributed by atoms with Crippen molar-refractivity contribution < 1.29 is 19.4 Å². The lowest BCUT2D eigenvalue weighted by atomic mass is 10.2. The van der Waals surface area contributed by atoms with Gasteiger partial charge in [0.05, 0.1) is 25.4 Å². The number of carbonyl (C=O) groups is 2. The van der Waals surface area contributed by atoms with Gasteiger partial charge in [0.15, 0.2) is 11.5 Å². The number of phenols is 1. The lowest BCUT2D eigenvalue weighted by molar-refractivity contribution is -0.120. The van der Waals surface area contributed by atoms with Gasteiger partial charge >= 0.3 is 0 Å². The monoisotopic (exact) mass is 405 g/mol. The first kappa shape index (κ1) is 18.5. The number of phenolic OH excluding ortho intramolecular Hbond substituents is 1. The summed E-state index contributed by atoms with van der Waals surface area (Å²) in [6, 6.07) is 11.6. The molecule has 7 nitrogen and oxygen atoms in total. The van der Waals surface area contributed by atoms with Gasteiger partial charge in [0, 0.05) is 4.47 Å². The molecule has 0 unspecified atom stereocenters. The van der Waals surface area contributed by atoms with Gasteiger partial charge in [-0.1, -0.05) is 12.1 Å². The first-order chi connectivity index (χ1) is 12.0. The van der Waals surface area contributed by atoms with E-state index >= 15 is 0 Å². The van der Waals surface area contributed by atoms with Gasteiger partial charge < -0.3 is 15.2 Å². The standard InChI is InChI=1S/C17H16BrN3O4/c1-25-15-8-11(6-7-14(15)22)9-20-21-16(23)10-19-17(24)12-4-2-3-5-13(12)18/h2-9,22H,10H2,1H3,(H,19,24)(H,21,23)/b20-9-. The molecule has 0 saturated heterocycles. The van der Waals surface area contributed by atoms with Crippen molar-refractivity contribution in [3.63, 3.8) is 0 Å². The molecule has 25 heavy (non-hydrogen) atoms. The Labute approximate surface area is 152 Å². The van der Waals surface area contributed by atoms with Crippen molar-refractivity contribution in [2.75, 3.05) is 13.7 Å². The van der Waals surface area contributed by atoms with E-state index in [1.165, 1.54) is 19.4 Å². The lowest BCUT2D eigenvalue weighted by Crippen LogP contribution is -2.35. The molecule has 0 aliphatic carbocycles. The van der Waals surface area contributed by atoms with Gasteiger partial charge in [-0.2, -0.15) is 5.10 Å². The van der Waals surface area contributed by atoms with Crippen molar-refractivity contribution in [1.29, 1.82) is 0 Å². The number of carbonyl (C=O) groups excluding carboxylic acids is 2. The Hall–Kier alpha value is -2.87. The zero-order chi connectivity index (χ0) is 18.2. The Kier molecular flexibility index (Phi) is 6.53. The van der Waals surface area contributed by atoms with Crippen LogP contribution < -0.4 is 15.5 Å². The fourth-order valence-corrected chi connectivity index (χ4v) is 2.36. The van der Waals surface area contributed by atoms with Crippen LogP contribution in [-0.2, 0) is 4.79 Å². The van der Waals surface area contributed by atoms with Crippen LogP contribution in [0.5, 0.6) is 11.5 Å². The molecule has 0 atom stereocenters. The largest absolute Gasteiger partial charge is 0.504 e. The van der Waals surface area contributed by atoms with Gasteiger partial charge in [-0.15, -0.1) is 0 Å². The second kappa shape index (κ2) is 8.84. The molecule has 2 rings (SSSR count). The summed E-state index contributed by atoms with van der Waals surface area (Å²) in [5.41, 5.74) is 3.38. The van der Waals surface area contributed by atoms with Crippen LogP contribution in [0.2, 0.25) is 0 Å². The van der Waals surface area contributed by atoms with Gasteiger partial charge in [0.2, 0.25) is 0 Å². The lowest BCUT2D eigenvalue weighted by Gasteiger charge is -2.06. The zero-order valence-electron chi connectivity index (χ0n) is 13.3. The predicted octanol–water partition coefficient (Wildman–Crippen LogP) is 2.04. The van der Waals surface area contributed by atoms with E-state index in [1.807, 2.05) is 0 Å². The summed E-state index contributed by atoms with van der Waals surface area (Å²) in [4.78, 5) is 23.7. The molecule has 0 bridgehead atoms. The first-order valence-electron chi connectivity index (χ1n) is 7.23. The Morgan fingerprint density at radius 3 is 2.76 bits per heavy atom. The molecule has 8 heteroatoms. The van der Waals surface area contributed by atoms with Crippen LogP contribution >= 0.6 is 15.9 Å². The molecule has 0 radical (unpaired) electrons. The molecule has 0 aromatic heterocycles. The number of hydrogen-bond acceptors (Lipinski definition) is 5. The number of benzene rings is 2. The Bertz CT molecular complexity index is 808. The van der Waals surface area contributed by atoms with Crippen LogP contribution in [0.4, 0.5) is 0 Å². The molecular formula is C17H16BrN3O4. The van der Waals surface area contributed by atoms with Crippen molar-refractivity contribution in [3.05, 3.63) is 58.1 Å². The highest BCUT2D eigenvalue weighted by Crippen LogP contribution is 2.25. The Balaban J connectivity index is 1.84. The van der Waals surface area contributed by atoms with Crippen LogP contribution in [0.1, 0.15) is 15.9 Å². The molecule has 2 aromatic rings. The highest BCUT2D eigenvalue weighted by molar-refractivity contribution is 9.10. The third kappa shape index (κ3) is 5.32. The molecule has 3 N–H and O–H groups in total. The second-order valence-corrected chi connectivity index (χ2v) is 5.74. The maximum Gasteiger partial charge on any atom is 0.259 e. The summed E-state index contributed by atoms with van der Waals surface area (Å²) >= 11 is 3.28. The number of ether oxygens (including phenoxy) is 1. The first-order valence-corrected chi connectivity index (χ1v) is 8.02. The number of hydrogen-bond donors (Lipinski definition) is 3. The van der Waals surface area contributed by atoms with Crippen molar-refractivity contribution in [2.45, 2.75) is 0 Å². The number of methoxy groups -OCH3 is 1. The van der Waals surface area contributed by atoms with Crippen molar-refractivity contribution in [1.82, 2.24) is 10.7 Å². The molecule has 0 fully saturated rings. The normalized spacial score (nSPS) is 10.5. The number of amides is 2. The third-order valence-corrected chi connectivity index (χ3v) is 3.83. The molecule has 0 aliphatic rings. The quantitative estimate of drug-likeness (QED) is 0.505. The summed E-state index contributed by atoms with van der Waals surface area (Å²) < 4.78 is 5.62. The number of nitrogens with zero attached hydrogens (tertiary/aromatic N) is 1. The topological polar surface area (TPSA) is 100 Å². The molecule has 0 heterocycles. The van der Waals surface area contributed by atoms with Crippen LogP contribution in [0, 0.1) is 0 Å². The van der Waals surface area contributed by atoms with E-state index in [-0.39, 0.29) is 18.2 Å². The van der Waals surface area contributed by atoms with Crippen LogP contribution in [0.3, 0.4) is 0 Å². The SMILES string of the molecule is COc1cc(/C=N\NC(=O)CNC(=O)c2ccccc2Br)ccc1O. The minimum Gasteiger partial charge on any atom is -0.504 e. The molecular weight excluding hydrogens is 390 g/mol. The van der Waals surface area contributed by atoms with E-state index in [0.29, 0.717) is 21.3 Å². The summed E-state index contributed by atoms with van der Waals surface area (Å²) in [7, 11) is 1.44. The van der Waals surface area contributed by atoms with E-state index in [1.54, 1.807) is 36.4 Å². The predicted molar refractivity (Wildman–Crippen MR) is 96.9 cm³/mol. The summed E-state index contributed by atoms with van der Waals surface area (Å²) in [6.07, 6.45) is 1.40. The molecule has 0 saturated carbocycles. The average Bonchev–Trinajstić information content (AvgIpc) is 2.61. The highest BCUT2D eigenvalue weighted by Gasteiger charge is 2.10. The van der Waals surface area contributed by atoms with Crippen molar-refractivity contribution in [3.8, 4) is 11.5 Å². The van der Waals surface area contributed by atoms with Gasteiger partial charge in [0.25, 0.3) is 11.8 Å². The van der Waals surface area contributed by atoms with E-state index in [2.05, 4.69) is 31.8 Å². The fraction of sp³-hybridized carbons (Fsp3) is 0.118. The molecule has 2 aromatic carbocycles. The summed E-state index contributed by atoms with van der Waals surface area (Å²) in [5, 5.41) is 15.8. The van der Waals surface area contributed by atoms with Crippen LogP contribution in [-0.4, -0.2) is 36.8 Å². The summed E-state index contributed by atoms with van der Waals surface area (Å²) in [6.45, 7) is -0.212. The van der Waals surface area contributed by atoms with E-state index in [9.17, 15) is 14.7 Å². The third-order valence-electron chi connectivity index (χ3n) is 3.13. The smallest absolute Gasteiger partial charge is 0.259 e. The van der Waals surface area contributed by atoms with Crippen LogP contribution in [0.25, 0.3) is 0 Å². The zero-order valence-corrected chi connectivity index (χ0v) is 14.9. The number of halogens is 1. The van der Waals surface area contributed by atoms with Gasteiger partial charge in [-0.3, -0.25) is 9.59 Å². The van der Waals surface area contributed by atoms with E-state index in [4.69, 9.17) is 4.74 Å². The number of nitrogens with one attached hydrogen (secondary N) is 2. The van der Waals surface area contributed by atoms with E-state index in [0.717, 1.165) is 0 Å². The number of rotatable bonds is 6. The second-order valence-electron chi connectivity index (χ2n) is 4.89. The minimum atomic E-state index is -0.470. The highest BCUT2D eigenvalue weighted by atomic mass is 79.9. The molecule has 2 amide bonds. The fourth-order valence-electron chi connectivity index (χ4n) is 1.89. The number of aromatic hydroxyl groups is 1. The minimum absolute atomic E-state index is 0.0125. The number of hydrazone groups is 1. The van der Waals surface area contributed by atoms with Gasteiger partial charge in [0.1, 0.15) is 0 Å².